The van der Waals surface area contributed by atoms with Crippen molar-refractivity contribution in [3.63, 3.8) is 0 Å². The third-order valence-electron chi connectivity index (χ3n) is 3.65. The number of benzene rings is 1. The van der Waals surface area contributed by atoms with Crippen molar-refractivity contribution in [2.75, 3.05) is 7.11 Å². The van der Waals surface area contributed by atoms with Crippen LogP contribution in [0.3, 0.4) is 0 Å². The standard InChI is InChI=1S/C15H18ClNO3/c1-10(9-11-3-5-12(16)6-4-11)17-13(15(19)20-2)7-8-14(17)18/h3-6,10,13H,7-9H2,1-2H3. The number of carbonyl (C=O) groups excluding carboxylic acids is 2. The number of ether oxygens (including phenoxy) is 1. The lowest BCUT2D eigenvalue weighted by molar-refractivity contribution is -0.150. The van der Waals surface area contributed by atoms with E-state index in [2.05, 4.69) is 0 Å². The Kier molecular flexibility index (Phi) is 4.65. The van der Waals surface area contributed by atoms with Crippen LogP contribution in [0.4, 0.5) is 0 Å². The summed E-state index contributed by atoms with van der Waals surface area (Å²) in [6.45, 7) is 1.95. The number of carbonyl (C=O) groups is 2. The van der Waals surface area contributed by atoms with Gasteiger partial charge >= 0.3 is 5.97 Å². The molecule has 2 rings (SSSR count). The van der Waals surface area contributed by atoms with Gasteiger partial charge in [0.2, 0.25) is 5.91 Å². The Morgan fingerprint density at radius 3 is 2.70 bits per heavy atom. The lowest BCUT2D eigenvalue weighted by Gasteiger charge is -2.29. The van der Waals surface area contributed by atoms with Crippen molar-refractivity contribution in [1.29, 1.82) is 0 Å². The summed E-state index contributed by atoms with van der Waals surface area (Å²) in [6, 6.07) is 7.03. The van der Waals surface area contributed by atoms with E-state index in [0.717, 1.165) is 5.56 Å². The monoisotopic (exact) mass is 295 g/mol. The third kappa shape index (κ3) is 3.12. The third-order valence-corrected chi connectivity index (χ3v) is 3.90. The summed E-state index contributed by atoms with van der Waals surface area (Å²) in [7, 11) is 1.35. The Balaban J connectivity index is 2.09. The van der Waals surface area contributed by atoms with E-state index in [1.54, 1.807) is 4.90 Å². The average Bonchev–Trinajstić information content (AvgIpc) is 2.82. The fourth-order valence-electron chi connectivity index (χ4n) is 2.68. The highest BCUT2D eigenvalue weighted by atomic mass is 35.5. The number of likely N-dealkylation sites (tertiary alicyclic amines) is 1. The quantitative estimate of drug-likeness (QED) is 0.802. The highest BCUT2D eigenvalue weighted by Gasteiger charge is 2.39. The van der Waals surface area contributed by atoms with Crippen LogP contribution in [-0.4, -0.2) is 36.0 Å². The van der Waals surface area contributed by atoms with Crippen molar-refractivity contribution in [3.8, 4) is 0 Å². The zero-order valence-electron chi connectivity index (χ0n) is 11.6. The van der Waals surface area contributed by atoms with Crippen molar-refractivity contribution in [2.45, 2.75) is 38.3 Å². The van der Waals surface area contributed by atoms with Gasteiger partial charge in [0.05, 0.1) is 7.11 Å². The molecule has 5 heteroatoms. The molecule has 0 spiro atoms. The van der Waals surface area contributed by atoms with Crippen LogP contribution in [0, 0.1) is 0 Å². The van der Waals surface area contributed by atoms with E-state index >= 15 is 0 Å². The van der Waals surface area contributed by atoms with Crippen LogP contribution in [0.1, 0.15) is 25.3 Å². The molecule has 0 aliphatic carbocycles. The molecule has 4 nitrogen and oxygen atoms in total. The highest BCUT2D eigenvalue weighted by molar-refractivity contribution is 6.30. The summed E-state index contributed by atoms with van der Waals surface area (Å²) in [4.78, 5) is 25.4. The molecule has 0 aromatic heterocycles. The van der Waals surface area contributed by atoms with Crippen molar-refractivity contribution in [3.05, 3.63) is 34.9 Å². The summed E-state index contributed by atoms with van der Waals surface area (Å²) in [5.74, 6) is -0.319. The summed E-state index contributed by atoms with van der Waals surface area (Å²) in [6.07, 6.45) is 1.64. The van der Waals surface area contributed by atoms with E-state index in [0.29, 0.717) is 24.3 Å². The molecule has 1 saturated heterocycles. The maximum atomic E-state index is 12.0. The van der Waals surface area contributed by atoms with Gasteiger partial charge in [-0.2, -0.15) is 0 Å². The fourth-order valence-corrected chi connectivity index (χ4v) is 2.81. The van der Waals surface area contributed by atoms with E-state index in [1.807, 2.05) is 31.2 Å². The Hall–Kier alpha value is -1.55. The topological polar surface area (TPSA) is 46.6 Å². The van der Waals surface area contributed by atoms with Crippen LogP contribution in [-0.2, 0) is 20.7 Å². The van der Waals surface area contributed by atoms with Crippen LogP contribution in [0.2, 0.25) is 5.02 Å². The van der Waals surface area contributed by atoms with Gasteiger partial charge in [-0.1, -0.05) is 23.7 Å². The number of methoxy groups -OCH3 is 1. The number of nitrogens with zero attached hydrogens (tertiary/aromatic N) is 1. The summed E-state index contributed by atoms with van der Waals surface area (Å²) < 4.78 is 4.78. The van der Waals surface area contributed by atoms with E-state index in [4.69, 9.17) is 16.3 Å². The van der Waals surface area contributed by atoms with Crippen LogP contribution in [0.5, 0.6) is 0 Å². The molecule has 1 aromatic rings. The second kappa shape index (κ2) is 6.27. The van der Waals surface area contributed by atoms with Gasteiger partial charge in [0, 0.05) is 17.5 Å². The average molecular weight is 296 g/mol. The van der Waals surface area contributed by atoms with E-state index in [9.17, 15) is 9.59 Å². The number of halogens is 1. The Morgan fingerprint density at radius 2 is 2.10 bits per heavy atom. The Bertz CT molecular complexity index is 500. The molecule has 108 valence electrons. The molecule has 0 bridgehead atoms. The second-order valence-corrected chi connectivity index (χ2v) is 5.49. The predicted molar refractivity (Wildman–Crippen MR) is 76.5 cm³/mol. The maximum absolute atomic E-state index is 12.0. The minimum Gasteiger partial charge on any atom is -0.467 e. The molecule has 1 aliphatic rings. The van der Waals surface area contributed by atoms with Gasteiger partial charge < -0.3 is 9.64 Å². The molecule has 2 atom stereocenters. The Labute approximate surface area is 123 Å². The second-order valence-electron chi connectivity index (χ2n) is 5.06. The first-order valence-electron chi connectivity index (χ1n) is 6.66. The molecule has 1 amide bonds. The van der Waals surface area contributed by atoms with Crippen LogP contribution >= 0.6 is 11.6 Å². The van der Waals surface area contributed by atoms with Crippen LogP contribution < -0.4 is 0 Å². The lowest BCUT2D eigenvalue weighted by atomic mass is 10.1. The SMILES string of the molecule is COC(=O)C1CCC(=O)N1C(C)Cc1ccc(Cl)cc1. The van der Waals surface area contributed by atoms with Crippen molar-refractivity contribution >= 4 is 23.5 Å². The first-order valence-corrected chi connectivity index (χ1v) is 7.04. The smallest absolute Gasteiger partial charge is 0.328 e. The molecule has 1 heterocycles. The molecule has 0 saturated carbocycles. The first kappa shape index (κ1) is 14.9. The number of hydrogen-bond donors (Lipinski definition) is 0. The minimum atomic E-state index is -0.449. The van der Waals surface area contributed by atoms with Gasteiger partial charge in [-0.15, -0.1) is 0 Å². The van der Waals surface area contributed by atoms with E-state index < -0.39 is 6.04 Å². The number of hydrogen-bond acceptors (Lipinski definition) is 3. The Morgan fingerprint density at radius 1 is 1.45 bits per heavy atom. The summed E-state index contributed by atoms with van der Waals surface area (Å²) in [5.41, 5.74) is 1.09. The van der Waals surface area contributed by atoms with E-state index in [-0.39, 0.29) is 17.9 Å². The fraction of sp³-hybridized carbons (Fsp3) is 0.467. The normalized spacial score (nSPS) is 20.1. The molecular weight excluding hydrogens is 278 g/mol. The molecule has 0 radical (unpaired) electrons. The number of esters is 1. The zero-order valence-corrected chi connectivity index (χ0v) is 12.4. The molecule has 20 heavy (non-hydrogen) atoms. The number of rotatable bonds is 4. The van der Waals surface area contributed by atoms with Crippen molar-refractivity contribution in [2.24, 2.45) is 0 Å². The van der Waals surface area contributed by atoms with Gasteiger partial charge in [0.1, 0.15) is 6.04 Å². The summed E-state index contributed by atoms with van der Waals surface area (Å²) >= 11 is 5.86. The van der Waals surface area contributed by atoms with Gasteiger partial charge in [-0.3, -0.25) is 4.79 Å². The predicted octanol–water partition coefficient (Wildman–Crippen LogP) is 2.43. The first-order chi connectivity index (χ1) is 9.52. The molecular formula is C15H18ClNO3. The molecule has 0 N–H and O–H groups in total. The zero-order chi connectivity index (χ0) is 14.7. The van der Waals surface area contributed by atoms with Crippen LogP contribution in [0.15, 0.2) is 24.3 Å². The molecule has 2 unspecified atom stereocenters. The van der Waals surface area contributed by atoms with Gasteiger partial charge in [0.25, 0.3) is 0 Å². The largest absolute Gasteiger partial charge is 0.467 e. The number of amides is 1. The minimum absolute atomic E-state index is 0.0156. The van der Waals surface area contributed by atoms with Gasteiger partial charge in [-0.25, -0.2) is 4.79 Å². The van der Waals surface area contributed by atoms with Crippen LogP contribution in [0.25, 0.3) is 0 Å². The van der Waals surface area contributed by atoms with Crippen molar-refractivity contribution in [1.82, 2.24) is 4.90 Å². The maximum Gasteiger partial charge on any atom is 0.328 e. The lowest BCUT2D eigenvalue weighted by Crippen LogP contribution is -2.45. The van der Waals surface area contributed by atoms with Gasteiger partial charge in [-0.05, 0) is 37.5 Å². The molecule has 1 fully saturated rings. The molecule has 1 aliphatic heterocycles. The van der Waals surface area contributed by atoms with Gasteiger partial charge in [0.15, 0.2) is 0 Å². The van der Waals surface area contributed by atoms with Crippen molar-refractivity contribution < 1.29 is 14.3 Å². The highest BCUT2D eigenvalue weighted by Crippen LogP contribution is 2.24. The summed E-state index contributed by atoms with van der Waals surface area (Å²) in [5, 5.41) is 0.686. The van der Waals surface area contributed by atoms with E-state index in [1.165, 1.54) is 7.11 Å². The molecule has 1 aromatic carbocycles.